The van der Waals surface area contributed by atoms with E-state index in [0.29, 0.717) is 45.9 Å². The van der Waals surface area contributed by atoms with Gasteiger partial charge in [0.2, 0.25) is 11.8 Å². The van der Waals surface area contributed by atoms with E-state index in [2.05, 4.69) is 24.7 Å². The van der Waals surface area contributed by atoms with Gasteiger partial charge in [0.15, 0.2) is 5.75 Å². The van der Waals surface area contributed by atoms with Crippen molar-refractivity contribution in [3.63, 3.8) is 0 Å². The number of piperidine rings is 1. The summed E-state index contributed by atoms with van der Waals surface area (Å²) >= 11 is 12.6. The summed E-state index contributed by atoms with van der Waals surface area (Å²) in [5.74, 6) is 1.05. The molecule has 0 amide bonds. The Kier molecular flexibility index (Phi) is 9.26. The van der Waals surface area contributed by atoms with E-state index in [1.165, 1.54) is 0 Å². The van der Waals surface area contributed by atoms with Crippen molar-refractivity contribution in [3.05, 3.63) is 58.3 Å². The van der Waals surface area contributed by atoms with Crippen LogP contribution in [0.5, 0.6) is 11.6 Å². The van der Waals surface area contributed by atoms with Crippen LogP contribution in [0.4, 0.5) is 5.95 Å². The van der Waals surface area contributed by atoms with Crippen LogP contribution >= 0.6 is 23.2 Å². The molecule has 1 saturated carbocycles. The largest absolute Gasteiger partial charge is 0.481 e. The number of hydrogen-bond acceptors (Lipinski definition) is 9. The van der Waals surface area contributed by atoms with Crippen molar-refractivity contribution in [2.45, 2.75) is 57.2 Å². The predicted molar refractivity (Wildman–Crippen MR) is 169 cm³/mol. The highest BCUT2D eigenvalue weighted by Crippen LogP contribution is 2.36. The van der Waals surface area contributed by atoms with Crippen LogP contribution in [-0.4, -0.2) is 91.8 Å². The van der Waals surface area contributed by atoms with Crippen molar-refractivity contribution < 1.29 is 19.7 Å². The molecule has 2 N–H and O–H groups in total. The van der Waals surface area contributed by atoms with Crippen LogP contribution in [0.1, 0.15) is 44.6 Å². The molecule has 0 bridgehead atoms. The number of carbonyl (C=O) groups is 1. The van der Waals surface area contributed by atoms with Crippen LogP contribution in [-0.2, 0) is 11.3 Å². The number of carboxylic acids is 1. The molecule has 2 saturated heterocycles. The van der Waals surface area contributed by atoms with Gasteiger partial charge in [0.05, 0.1) is 23.7 Å². The number of aromatic nitrogens is 3. The predicted octanol–water partition coefficient (Wildman–Crippen LogP) is 5.36. The number of rotatable bonds is 9. The fraction of sp³-hybridized carbons (Fsp3) is 0.500. The lowest BCUT2D eigenvalue weighted by atomic mass is 9.76. The van der Waals surface area contributed by atoms with Gasteiger partial charge >= 0.3 is 5.97 Å². The van der Waals surface area contributed by atoms with Crippen LogP contribution < -0.4 is 9.64 Å². The number of aliphatic hydroxyl groups is 1. The molecule has 234 valence electrons. The van der Waals surface area contributed by atoms with E-state index in [-0.39, 0.29) is 12.3 Å². The van der Waals surface area contributed by atoms with Crippen molar-refractivity contribution in [2.75, 3.05) is 44.2 Å². The first-order valence-electron chi connectivity index (χ1n) is 15.2. The first-order chi connectivity index (χ1) is 21.1. The monoisotopic (exact) mass is 640 g/mol. The Morgan fingerprint density at radius 2 is 1.64 bits per heavy atom. The van der Waals surface area contributed by atoms with Crippen molar-refractivity contribution in [3.8, 4) is 22.9 Å². The Bertz CT molecular complexity index is 1450. The average Bonchev–Trinajstić information content (AvgIpc) is 2.97. The third-order valence-electron chi connectivity index (χ3n) is 8.90. The quantitative estimate of drug-likeness (QED) is 0.317. The third kappa shape index (κ3) is 7.79. The van der Waals surface area contributed by atoms with Crippen LogP contribution in [0, 0.1) is 5.92 Å². The maximum atomic E-state index is 11.1. The Balaban J connectivity index is 1.14. The van der Waals surface area contributed by atoms with Crippen LogP contribution in [0.2, 0.25) is 10.0 Å². The van der Waals surface area contributed by atoms with E-state index in [0.717, 1.165) is 76.1 Å². The molecule has 3 aromatic rings. The summed E-state index contributed by atoms with van der Waals surface area (Å²) in [5.41, 5.74) is 1.97. The minimum Gasteiger partial charge on any atom is -0.481 e. The molecule has 4 heterocycles. The zero-order valence-corrected chi connectivity index (χ0v) is 26.3. The van der Waals surface area contributed by atoms with Gasteiger partial charge in [0.1, 0.15) is 0 Å². The number of piperazine rings is 1. The lowest BCUT2D eigenvalue weighted by Crippen LogP contribution is -2.58. The minimum atomic E-state index is -0.733. The van der Waals surface area contributed by atoms with E-state index in [1.807, 2.05) is 31.2 Å². The molecule has 1 aliphatic carbocycles. The van der Waals surface area contributed by atoms with Gasteiger partial charge in [-0.1, -0.05) is 23.2 Å². The van der Waals surface area contributed by atoms with Crippen molar-refractivity contribution in [2.24, 2.45) is 5.92 Å². The molecule has 10 nitrogen and oxygen atoms in total. The number of hydrogen-bond donors (Lipinski definition) is 2. The topological polar surface area (TPSA) is 115 Å². The van der Waals surface area contributed by atoms with Gasteiger partial charge in [-0.3, -0.25) is 14.6 Å². The number of carboxylic acid groups (broad SMARTS) is 1. The lowest BCUT2D eigenvalue weighted by Gasteiger charge is -2.49. The molecule has 6 rings (SSSR count). The van der Waals surface area contributed by atoms with Crippen LogP contribution in [0.3, 0.4) is 0 Å². The van der Waals surface area contributed by atoms with E-state index < -0.39 is 11.6 Å². The van der Waals surface area contributed by atoms with Gasteiger partial charge in [0.25, 0.3) is 0 Å². The molecule has 0 unspecified atom stereocenters. The maximum absolute atomic E-state index is 11.1. The van der Waals surface area contributed by atoms with Gasteiger partial charge in [-0.05, 0) is 81.4 Å². The van der Waals surface area contributed by atoms with Gasteiger partial charge < -0.3 is 19.8 Å². The summed E-state index contributed by atoms with van der Waals surface area (Å²) < 4.78 is 6.19. The summed E-state index contributed by atoms with van der Waals surface area (Å²) in [6.07, 6.45) is 6.97. The first-order valence-corrected chi connectivity index (χ1v) is 16.0. The standard InChI is InChI=1S/C32H38Cl2N6O4/c1-32(43)16-26(17-32)39-6-8-40(9-7-39)31-35-18-27(19-36-31)44-29-11-22(20-38-4-2-21(3-5-38)12-30(41)42)10-28(37-29)23-13-24(33)15-25(34)14-23/h10-11,13-15,18-19,21,26,43H,2-9,12,16-17,20H2,1H3,(H,41,42). The number of likely N-dealkylation sites (tertiary alicyclic amines) is 1. The number of ether oxygens (including phenoxy) is 1. The molecule has 0 atom stereocenters. The Morgan fingerprint density at radius 1 is 0.977 bits per heavy atom. The van der Waals surface area contributed by atoms with E-state index in [9.17, 15) is 9.90 Å². The third-order valence-corrected chi connectivity index (χ3v) is 9.33. The maximum Gasteiger partial charge on any atom is 0.303 e. The average molecular weight is 642 g/mol. The van der Waals surface area contributed by atoms with E-state index in [4.69, 9.17) is 38.0 Å². The zero-order chi connectivity index (χ0) is 30.8. The number of nitrogens with zero attached hydrogens (tertiary/aromatic N) is 6. The van der Waals surface area contributed by atoms with E-state index in [1.54, 1.807) is 18.5 Å². The molecule has 2 aromatic heterocycles. The van der Waals surface area contributed by atoms with Crippen LogP contribution in [0.25, 0.3) is 11.3 Å². The smallest absolute Gasteiger partial charge is 0.303 e. The Hall–Kier alpha value is -3.02. The van der Waals surface area contributed by atoms with Crippen LogP contribution in [0.15, 0.2) is 42.7 Å². The second-order valence-corrected chi connectivity index (χ2v) is 13.5. The molecule has 44 heavy (non-hydrogen) atoms. The molecule has 0 radical (unpaired) electrons. The summed E-state index contributed by atoms with van der Waals surface area (Å²) in [5, 5.41) is 20.3. The second kappa shape index (κ2) is 13.1. The highest BCUT2D eigenvalue weighted by atomic mass is 35.5. The molecule has 1 aromatic carbocycles. The molecule has 3 fully saturated rings. The number of pyridine rings is 1. The van der Waals surface area contributed by atoms with Gasteiger partial charge in [0, 0.05) is 66.9 Å². The normalized spacial score (nSPS) is 23.4. The molecular weight excluding hydrogens is 603 g/mol. The fourth-order valence-corrected chi connectivity index (χ4v) is 7.08. The number of halogens is 2. The summed E-state index contributed by atoms with van der Waals surface area (Å²) in [6, 6.07) is 9.73. The molecule has 12 heteroatoms. The molecule has 3 aliphatic rings. The van der Waals surface area contributed by atoms with Crippen molar-refractivity contribution in [1.82, 2.24) is 24.8 Å². The number of anilines is 1. The minimum absolute atomic E-state index is 0.219. The SMILES string of the molecule is CC1(O)CC(N2CCN(c3ncc(Oc4cc(CN5CCC(CC(=O)O)CC5)cc(-c5cc(Cl)cc(Cl)c5)n4)cn3)CC2)C1. The lowest BCUT2D eigenvalue weighted by molar-refractivity contribution is -0.138. The molecule has 0 spiro atoms. The Labute approximate surface area is 267 Å². The highest BCUT2D eigenvalue weighted by molar-refractivity contribution is 6.35. The Morgan fingerprint density at radius 3 is 2.25 bits per heavy atom. The summed E-state index contributed by atoms with van der Waals surface area (Å²) in [7, 11) is 0. The first kappa shape index (κ1) is 31.0. The van der Waals surface area contributed by atoms with Gasteiger partial charge in [-0.15, -0.1) is 0 Å². The summed E-state index contributed by atoms with van der Waals surface area (Å²) in [4.78, 5) is 32.0. The van der Waals surface area contributed by atoms with Crippen molar-refractivity contribution in [1.29, 1.82) is 0 Å². The second-order valence-electron chi connectivity index (χ2n) is 12.6. The fourth-order valence-electron chi connectivity index (χ4n) is 6.55. The van der Waals surface area contributed by atoms with E-state index >= 15 is 0 Å². The van der Waals surface area contributed by atoms with Crippen molar-refractivity contribution >= 4 is 35.1 Å². The van der Waals surface area contributed by atoms with Gasteiger partial charge in [-0.25, -0.2) is 15.0 Å². The summed E-state index contributed by atoms with van der Waals surface area (Å²) in [6.45, 7) is 7.77. The molecule has 2 aliphatic heterocycles. The van der Waals surface area contributed by atoms with Gasteiger partial charge in [-0.2, -0.15) is 0 Å². The number of aliphatic carboxylic acids is 1. The number of benzene rings is 1. The highest BCUT2D eigenvalue weighted by Gasteiger charge is 2.42. The zero-order valence-electron chi connectivity index (χ0n) is 24.8. The molecular formula is C32H38Cl2N6O4.